The van der Waals surface area contributed by atoms with Gasteiger partial charge in [0.15, 0.2) is 0 Å². The average molecular weight is 356 g/mol. The normalized spacial score (nSPS) is 10.6. The molecule has 3 aromatic rings. The van der Waals surface area contributed by atoms with Crippen molar-refractivity contribution < 1.29 is 9.21 Å². The van der Waals surface area contributed by atoms with Crippen LogP contribution in [0.25, 0.3) is 11.5 Å². The second-order valence-electron chi connectivity index (χ2n) is 5.45. The first kappa shape index (κ1) is 17.2. The smallest absolute Gasteiger partial charge is 0.249 e. The summed E-state index contributed by atoms with van der Waals surface area (Å²) in [7, 11) is 0. The number of aromatic nitrogens is 2. The van der Waals surface area contributed by atoms with Crippen molar-refractivity contribution in [2.75, 3.05) is 11.4 Å². The summed E-state index contributed by atoms with van der Waals surface area (Å²) < 4.78 is 5.64. The third-order valence-corrected chi connectivity index (χ3v) is 4.14. The van der Waals surface area contributed by atoms with E-state index in [1.807, 2.05) is 55.5 Å². The number of aryl methyl sites for hydroxylation is 1. The number of nitrogens with zero attached hydrogens (tertiary/aromatic N) is 3. The van der Waals surface area contributed by atoms with E-state index in [4.69, 9.17) is 16.0 Å². The molecule has 25 heavy (non-hydrogen) atoms. The van der Waals surface area contributed by atoms with Crippen LogP contribution in [0.1, 0.15) is 19.2 Å². The van der Waals surface area contributed by atoms with Gasteiger partial charge in [-0.15, -0.1) is 10.2 Å². The molecule has 0 aliphatic heterocycles. The second-order valence-corrected chi connectivity index (χ2v) is 5.86. The largest absolute Gasteiger partial charge is 0.421 e. The number of amides is 1. The maximum Gasteiger partial charge on any atom is 0.249 e. The van der Waals surface area contributed by atoms with Gasteiger partial charge >= 0.3 is 0 Å². The van der Waals surface area contributed by atoms with Crippen LogP contribution in [0.15, 0.2) is 59.0 Å². The highest BCUT2D eigenvalue weighted by molar-refractivity contribution is 6.33. The fourth-order valence-corrected chi connectivity index (χ4v) is 2.77. The third kappa shape index (κ3) is 4.06. The molecule has 0 saturated carbocycles. The maximum absolute atomic E-state index is 12.5. The van der Waals surface area contributed by atoms with Crippen LogP contribution in [-0.2, 0) is 11.2 Å². The van der Waals surface area contributed by atoms with Crippen LogP contribution >= 0.6 is 11.6 Å². The van der Waals surface area contributed by atoms with Gasteiger partial charge in [0, 0.05) is 25.1 Å². The summed E-state index contributed by atoms with van der Waals surface area (Å²) in [5.41, 5.74) is 1.57. The van der Waals surface area contributed by atoms with E-state index in [9.17, 15) is 4.79 Å². The molecule has 0 aliphatic rings. The minimum atomic E-state index is 0.0196. The van der Waals surface area contributed by atoms with Gasteiger partial charge in [-0.3, -0.25) is 4.79 Å². The first-order chi connectivity index (χ1) is 12.2. The Morgan fingerprint density at radius 3 is 2.52 bits per heavy atom. The summed E-state index contributed by atoms with van der Waals surface area (Å²) in [6.07, 6.45) is 0.687. The van der Waals surface area contributed by atoms with Crippen molar-refractivity contribution in [2.24, 2.45) is 0 Å². The van der Waals surface area contributed by atoms with E-state index in [-0.39, 0.29) is 5.91 Å². The molecule has 1 amide bonds. The molecule has 1 heterocycles. The zero-order valence-electron chi connectivity index (χ0n) is 13.9. The number of halogens is 1. The molecule has 2 aromatic carbocycles. The Bertz CT molecular complexity index is 849. The summed E-state index contributed by atoms with van der Waals surface area (Å²) in [5.74, 6) is 0.807. The summed E-state index contributed by atoms with van der Waals surface area (Å²) in [6, 6.07) is 16.9. The number of rotatable bonds is 6. The molecule has 0 atom stereocenters. The Hall–Kier alpha value is -2.66. The molecule has 0 radical (unpaired) electrons. The number of benzene rings is 2. The Morgan fingerprint density at radius 1 is 1.08 bits per heavy atom. The Labute approximate surface area is 151 Å². The molecular weight excluding hydrogens is 338 g/mol. The van der Waals surface area contributed by atoms with Crippen molar-refractivity contribution in [1.82, 2.24) is 10.2 Å². The highest BCUT2D eigenvalue weighted by atomic mass is 35.5. The lowest BCUT2D eigenvalue weighted by Gasteiger charge is -2.20. The van der Waals surface area contributed by atoms with Gasteiger partial charge in [-0.05, 0) is 31.2 Å². The van der Waals surface area contributed by atoms with Crippen molar-refractivity contribution in [1.29, 1.82) is 0 Å². The maximum atomic E-state index is 12.5. The molecule has 1 aromatic heterocycles. The summed E-state index contributed by atoms with van der Waals surface area (Å²) >= 11 is 6.14. The molecule has 0 spiro atoms. The first-order valence-corrected chi connectivity index (χ1v) is 8.49. The lowest BCUT2D eigenvalue weighted by molar-refractivity contribution is -0.118. The van der Waals surface area contributed by atoms with E-state index in [0.717, 1.165) is 5.69 Å². The first-order valence-electron chi connectivity index (χ1n) is 8.11. The van der Waals surface area contributed by atoms with Gasteiger partial charge in [-0.2, -0.15) is 0 Å². The molecule has 3 rings (SSSR count). The minimum Gasteiger partial charge on any atom is -0.421 e. The van der Waals surface area contributed by atoms with E-state index >= 15 is 0 Å². The van der Waals surface area contributed by atoms with Crippen LogP contribution in [0.4, 0.5) is 5.69 Å². The second kappa shape index (κ2) is 7.94. The van der Waals surface area contributed by atoms with Crippen LogP contribution in [0.5, 0.6) is 0 Å². The number of anilines is 1. The lowest BCUT2D eigenvalue weighted by atomic mass is 10.2. The van der Waals surface area contributed by atoms with Crippen molar-refractivity contribution >= 4 is 23.2 Å². The lowest BCUT2D eigenvalue weighted by Crippen LogP contribution is -2.30. The predicted molar refractivity (Wildman–Crippen MR) is 97.5 cm³/mol. The SMILES string of the molecule is CCN(C(=O)CCc1nnc(-c2ccccc2Cl)o1)c1ccccc1. The quantitative estimate of drug-likeness (QED) is 0.658. The zero-order valence-corrected chi connectivity index (χ0v) is 14.6. The van der Waals surface area contributed by atoms with E-state index in [0.29, 0.717) is 41.8 Å². The van der Waals surface area contributed by atoms with Gasteiger partial charge in [0.1, 0.15) is 0 Å². The van der Waals surface area contributed by atoms with Gasteiger partial charge in [0.25, 0.3) is 0 Å². The van der Waals surface area contributed by atoms with Crippen LogP contribution in [0.2, 0.25) is 5.02 Å². The topological polar surface area (TPSA) is 59.2 Å². The number of carbonyl (C=O) groups excluding carboxylic acids is 1. The zero-order chi connectivity index (χ0) is 17.6. The van der Waals surface area contributed by atoms with Crippen LogP contribution in [0, 0.1) is 0 Å². The predicted octanol–water partition coefficient (Wildman–Crippen LogP) is 4.38. The Balaban J connectivity index is 1.66. The average Bonchev–Trinajstić information content (AvgIpc) is 3.11. The molecule has 0 bridgehead atoms. The third-order valence-electron chi connectivity index (χ3n) is 3.81. The molecule has 0 aliphatic carbocycles. The van der Waals surface area contributed by atoms with Crippen LogP contribution in [-0.4, -0.2) is 22.6 Å². The summed E-state index contributed by atoms with van der Waals surface area (Å²) in [6.45, 7) is 2.56. The molecule has 0 unspecified atom stereocenters. The van der Waals surface area contributed by atoms with Gasteiger partial charge in [-0.1, -0.05) is 41.9 Å². The fourth-order valence-electron chi connectivity index (χ4n) is 2.56. The Morgan fingerprint density at radius 2 is 1.80 bits per heavy atom. The Kier molecular flexibility index (Phi) is 5.46. The van der Waals surface area contributed by atoms with Crippen molar-refractivity contribution in [3.8, 4) is 11.5 Å². The summed E-state index contributed by atoms with van der Waals surface area (Å²) in [4.78, 5) is 14.2. The van der Waals surface area contributed by atoms with Gasteiger partial charge in [0.05, 0.1) is 10.6 Å². The molecule has 6 heteroatoms. The van der Waals surface area contributed by atoms with Crippen LogP contribution < -0.4 is 4.90 Å². The number of hydrogen-bond donors (Lipinski definition) is 0. The van der Waals surface area contributed by atoms with E-state index in [2.05, 4.69) is 10.2 Å². The minimum absolute atomic E-state index is 0.0196. The van der Waals surface area contributed by atoms with Crippen molar-refractivity contribution in [3.05, 3.63) is 65.5 Å². The van der Waals surface area contributed by atoms with Crippen molar-refractivity contribution in [3.63, 3.8) is 0 Å². The fraction of sp³-hybridized carbons (Fsp3) is 0.211. The number of para-hydroxylation sites is 1. The standard InChI is InChI=1S/C19H18ClN3O2/c1-2-23(14-8-4-3-5-9-14)18(24)13-12-17-21-22-19(25-17)15-10-6-7-11-16(15)20/h3-11H,2,12-13H2,1H3. The van der Waals surface area contributed by atoms with E-state index < -0.39 is 0 Å². The van der Waals surface area contributed by atoms with Gasteiger partial charge in [-0.25, -0.2) is 0 Å². The number of hydrogen-bond acceptors (Lipinski definition) is 4. The van der Waals surface area contributed by atoms with Gasteiger partial charge in [0.2, 0.25) is 17.7 Å². The molecule has 5 nitrogen and oxygen atoms in total. The van der Waals surface area contributed by atoms with Crippen LogP contribution in [0.3, 0.4) is 0 Å². The molecule has 128 valence electrons. The van der Waals surface area contributed by atoms with E-state index in [1.165, 1.54) is 0 Å². The highest BCUT2D eigenvalue weighted by Crippen LogP contribution is 2.26. The highest BCUT2D eigenvalue weighted by Gasteiger charge is 2.16. The molecular formula is C19H18ClN3O2. The summed E-state index contributed by atoms with van der Waals surface area (Å²) in [5, 5.41) is 8.59. The van der Waals surface area contributed by atoms with Gasteiger partial charge < -0.3 is 9.32 Å². The monoisotopic (exact) mass is 355 g/mol. The molecule has 0 fully saturated rings. The molecule has 0 N–H and O–H groups in total. The molecule has 0 saturated heterocycles. The number of carbonyl (C=O) groups is 1. The van der Waals surface area contributed by atoms with Crippen molar-refractivity contribution in [2.45, 2.75) is 19.8 Å². The van der Waals surface area contributed by atoms with E-state index in [1.54, 1.807) is 11.0 Å².